The Bertz CT molecular complexity index is 2410. The average Bonchev–Trinajstić information content (AvgIpc) is 3.18. The highest BCUT2D eigenvalue weighted by molar-refractivity contribution is 6.05. The molecule has 2 aliphatic rings. The molecule has 0 bridgehead atoms. The van der Waals surface area contributed by atoms with Gasteiger partial charge < -0.3 is 9.80 Å². The van der Waals surface area contributed by atoms with Crippen molar-refractivity contribution in [1.29, 1.82) is 0 Å². The van der Waals surface area contributed by atoms with Crippen molar-refractivity contribution in [2.24, 2.45) is 5.92 Å². The second-order valence-corrected chi connectivity index (χ2v) is 15.8. The van der Waals surface area contributed by atoms with Crippen LogP contribution in [0, 0.1) is 61.3 Å². The van der Waals surface area contributed by atoms with Crippen molar-refractivity contribution in [3.05, 3.63) is 189 Å². The molecule has 2 nitrogen and oxygen atoms in total. The number of fused-ring (bicyclic) bond motifs is 5. The first-order chi connectivity index (χ1) is 27.1. The molecule has 2 unspecified atom stereocenters. The number of aryl methyl sites for hydroxylation is 8. The molecule has 0 radical (unpaired) electrons. The fourth-order valence-electron chi connectivity index (χ4n) is 8.45. The van der Waals surface area contributed by atoms with E-state index in [1.165, 1.54) is 101 Å². The Balaban J connectivity index is 0.00000237. The Morgan fingerprint density at radius 1 is 0.482 bits per heavy atom. The fraction of sp³-hybridized carbons (Fsp3) is 0.259. The van der Waals surface area contributed by atoms with Crippen molar-refractivity contribution in [1.82, 2.24) is 0 Å². The smallest absolute Gasteiger partial charge is 0.0543 e. The van der Waals surface area contributed by atoms with Gasteiger partial charge in [0, 0.05) is 39.8 Å². The van der Waals surface area contributed by atoms with Crippen LogP contribution in [0.3, 0.4) is 0 Å². The largest absolute Gasteiger partial charge is 0.314 e. The highest BCUT2D eigenvalue weighted by Crippen LogP contribution is 2.52. The Hall–Kier alpha value is -5.60. The molecule has 284 valence electrons. The predicted octanol–water partition coefficient (Wildman–Crippen LogP) is 15.6. The monoisotopic (exact) mass is 734 g/mol. The van der Waals surface area contributed by atoms with E-state index in [1.54, 1.807) is 0 Å². The summed E-state index contributed by atoms with van der Waals surface area (Å²) in [7, 11) is 0. The minimum absolute atomic E-state index is 0.177. The van der Waals surface area contributed by atoms with Crippen LogP contribution in [0.15, 0.2) is 133 Å². The van der Waals surface area contributed by atoms with Crippen LogP contribution in [-0.4, -0.2) is 0 Å². The van der Waals surface area contributed by atoms with Crippen molar-refractivity contribution in [3.63, 3.8) is 0 Å². The summed E-state index contributed by atoms with van der Waals surface area (Å²) >= 11 is 0. The van der Waals surface area contributed by atoms with E-state index in [0.29, 0.717) is 0 Å². The van der Waals surface area contributed by atoms with E-state index in [-0.39, 0.29) is 11.8 Å². The van der Waals surface area contributed by atoms with Crippen molar-refractivity contribution < 1.29 is 0 Å². The molecule has 0 heterocycles. The zero-order chi connectivity index (χ0) is 39.7. The Labute approximate surface area is 336 Å². The molecule has 0 saturated carbocycles. The first-order valence-electron chi connectivity index (χ1n) is 20.6. The van der Waals surface area contributed by atoms with Crippen LogP contribution < -0.4 is 9.80 Å². The second kappa shape index (κ2) is 16.2. The Morgan fingerprint density at radius 3 is 1.43 bits per heavy atom. The van der Waals surface area contributed by atoms with Crippen molar-refractivity contribution >= 4 is 45.3 Å². The number of hydrogen-bond acceptors (Lipinski definition) is 2. The SMILES string of the molecule is CC.Cc1ccc(N(C2=Cc3c(cc(N(c4ccc(C)c(C)c4)c4ccc(C)c(C)c4)c4ccccc34)C3CC/C=C\C=CC23)c2ccc(C)c(C)c2)cc1C. The summed E-state index contributed by atoms with van der Waals surface area (Å²) in [5.74, 6) is 0.461. The van der Waals surface area contributed by atoms with Gasteiger partial charge in [-0.2, -0.15) is 0 Å². The topological polar surface area (TPSA) is 6.48 Å². The van der Waals surface area contributed by atoms with Crippen LogP contribution in [-0.2, 0) is 0 Å². The standard InChI is InChI=1S/C52H52N2.C2H6/c1-33-19-23-41(27-37(33)5)53(42-24-20-34(2)38(6)28-42)51-32-50-46-16-13-14-18-48(46)52(31-49(50)45-15-11-9-10-12-17-47(45)51)54(43-25-21-35(3)39(7)29-43)44-26-22-36(4)40(8)30-44;1-2/h9-10,12-14,16-32,45,47H,11,15H2,1-8H3;1-2H3/b10-9-,17-12?;. The zero-order valence-electron chi connectivity index (χ0n) is 35.2. The first-order valence-corrected chi connectivity index (χ1v) is 20.6. The van der Waals surface area contributed by atoms with Crippen molar-refractivity contribution in [2.75, 3.05) is 9.80 Å². The molecule has 0 N–H and O–H groups in total. The molecule has 0 fully saturated rings. The maximum absolute atomic E-state index is 2.55. The summed E-state index contributed by atoms with van der Waals surface area (Å²) in [6.45, 7) is 21.7. The quantitative estimate of drug-likeness (QED) is 0.168. The van der Waals surface area contributed by atoms with E-state index in [4.69, 9.17) is 0 Å². The molecule has 0 aromatic heterocycles. The van der Waals surface area contributed by atoms with Crippen LogP contribution >= 0.6 is 0 Å². The summed E-state index contributed by atoms with van der Waals surface area (Å²) in [4.78, 5) is 5.05. The number of benzene rings is 6. The van der Waals surface area contributed by atoms with Gasteiger partial charge in [0.15, 0.2) is 0 Å². The van der Waals surface area contributed by atoms with Crippen molar-refractivity contribution in [2.45, 2.75) is 88.0 Å². The van der Waals surface area contributed by atoms with Gasteiger partial charge in [0.25, 0.3) is 0 Å². The van der Waals surface area contributed by atoms with E-state index in [1.807, 2.05) is 13.8 Å². The molecular weight excluding hydrogens is 677 g/mol. The maximum Gasteiger partial charge on any atom is 0.0543 e. The minimum atomic E-state index is 0.177. The lowest BCUT2D eigenvalue weighted by Gasteiger charge is -2.41. The summed E-state index contributed by atoms with van der Waals surface area (Å²) in [5.41, 5.74) is 20.5. The number of rotatable bonds is 6. The molecule has 0 amide bonds. The third-order valence-electron chi connectivity index (χ3n) is 12.3. The number of hydrogen-bond donors (Lipinski definition) is 0. The van der Waals surface area contributed by atoms with Crippen molar-refractivity contribution in [3.8, 4) is 0 Å². The number of anilines is 5. The van der Waals surface area contributed by atoms with Crippen LogP contribution in [0.4, 0.5) is 28.4 Å². The molecule has 56 heavy (non-hydrogen) atoms. The molecule has 0 saturated heterocycles. The van der Waals surface area contributed by atoms with Crippen LogP contribution in [0.1, 0.15) is 88.2 Å². The van der Waals surface area contributed by atoms with Crippen LogP contribution in [0.2, 0.25) is 0 Å². The Kier molecular flexibility index (Phi) is 11.2. The highest BCUT2D eigenvalue weighted by atomic mass is 15.2. The van der Waals surface area contributed by atoms with Gasteiger partial charge in [0.1, 0.15) is 0 Å². The molecule has 6 aromatic carbocycles. The lowest BCUT2D eigenvalue weighted by molar-refractivity contribution is 0.520. The lowest BCUT2D eigenvalue weighted by Crippen LogP contribution is -2.29. The van der Waals surface area contributed by atoms with E-state index in [2.05, 4.69) is 199 Å². The maximum atomic E-state index is 2.55. The summed E-state index contributed by atoms with van der Waals surface area (Å²) in [6, 6.07) is 39.4. The normalized spacial score (nSPS) is 16.4. The predicted molar refractivity (Wildman–Crippen MR) is 245 cm³/mol. The highest BCUT2D eigenvalue weighted by Gasteiger charge is 2.36. The molecular formula is C54H58N2. The number of nitrogens with zero attached hydrogens (tertiary/aromatic N) is 2. The van der Waals surface area contributed by atoms with E-state index in [0.717, 1.165) is 12.8 Å². The molecule has 2 heteroatoms. The minimum Gasteiger partial charge on any atom is -0.314 e. The molecule has 8 rings (SSSR count). The van der Waals surface area contributed by atoms with Gasteiger partial charge in [0.2, 0.25) is 0 Å². The van der Waals surface area contributed by atoms with E-state index < -0.39 is 0 Å². The summed E-state index contributed by atoms with van der Waals surface area (Å²) in [5, 5.41) is 2.55. The van der Waals surface area contributed by atoms with Crippen LogP contribution in [0.5, 0.6) is 0 Å². The first kappa shape index (κ1) is 38.7. The van der Waals surface area contributed by atoms with Gasteiger partial charge in [-0.1, -0.05) is 86.7 Å². The van der Waals surface area contributed by atoms with Gasteiger partial charge >= 0.3 is 0 Å². The zero-order valence-corrected chi connectivity index (χ0v) is 35.2. The third kappa shape index (κ3) is 7.26. The average molecular weight is 735 g/mol. The molecule has 2 atom stereocenters. The van der Waals surface area contributed by atoms with Gasteiger partial charge in [-0.15, -0.1) is 0 Å². The lowest BCUT2D eigenvalue weighted by atomic mass is 9.72. The van der Waals surface area contributed by atoms with Crippen LogP contribution in [0.25, 0.3) is 16.8 Å². The third-order valence-corrected chi connectivity index (χ3v) is 12.3. The van der Waals surface area contributed by atoms with Gasteiger partial charge in [-0.05, 0) is 196 Å². The molecule has 6 aromatic rings. The van der Waals surface area contributed by atoms with E-state index in [9.17, 15) is 0 Å². The molecule has 0 aliphatic heterocycles. The molecule has 2 aliphatic carbocycles. The van der Waals surface area contributed by atoms with Gasteiger partial charge in [0.05, 0.1) is 5.69 Å². The van der Waals surface area contributed by atoms with Gasteiger partial charge in [-0.3, -0.25) is 0 Å². The fourth-order valence-corrected chi connectivity index (χ4v) is 8.45. The number of allylic oxidation sites excluding steroid dienone is 4. The van der Waals surface area contributed by atoms with E-state index >= 15 is 0 Å². The Morgan fingerprint density at radius 2 is 0.946 bits per heavy atom. The summed E-state index contributed by atoms with van der Waals surface area (Å²) < 4.78 is 0. The molecule has 0 spiro atoms. The van der Waals surface area contributed by atoms with Gasteiger partial charge in [-0.25, -0.2) is 0 Å². The summed E-state index contributed by atoms with van der Waals surface area (Å²) in [6.07, 6.45) is 14.0. The second-order valence-electron chi connectivity index (χ2n) is 15.8.